The highest BCUT2D eigenvalue weighted by atomic mass is 32.2. The van der Waals surface area contributed by atoms with Crippen LogP contribution in [0.3, 0.4) is 0 Å². The van der Waals surface area contributed by atoms with Crippen molar-refractivity contribution in [2.45, 2.75) is 4.90 Å². The van der Waals surface area contributed by atoms with Gasteiger partial charge in [-0.2, -0.15) is 10.2 Å². The molecule has 3 aromatic carbocycles. The first-order chi connectivity index (χ1) is 13.2. The SMILES string of the molecule is CSc1ccccc1-c1c(C(N)=O)cccc1-c1ccc2cnncc2c1. The minimum Gasteiger partial charge on any atom is -0.366 e. The van der Waals surface area contributed by atoms with Crippen molar-refractivity contribution in [1.29, 1.82) is 0 Å². The third-order valence-electron chi connectivity index (χ3n) is 4.56. The van der Waals surface area contributed by atoms with Gasteiger partial charge in [-0.3, -0.25) is 4.79 Å². The van der Waals surface area contributed by atoms with Crippen molar-refractivity contribution in [3.05, 3.63) is 78.6 Å². The Balaban J connectivity index is 2.03. The highest BCUT2D eigenvalue weighted by Crippen LogP contribution is 2.39. The summed E-state index contributed by atoms with van der Waals surface area (Å²) >= 11 is 1.65. The monoisotopic (exact) mass is 371 g/mol. The van der Waals surface area contributed by atoms with Crippen molar-refractivity contribution >= 4 is 28.4 Å². The molecular formula is C22H17N3OS. The maximum atomic E-state index is 12.2. The number of primary amides is 1. The van der Waals surface area contributed by atoms with Gasteiger partial charge in [0.2, 0.25) is 5.91 Å². The number of fused-ring (bicyclic) bond motifs is 1. The molecule has 0 saturated carbocycles. The normalized spacial score (nSPS) is 10.9. The molecule has 0 saturated heterocycles. The summed E-state index contributed by atoms with van der Waals surface area (Å²) in [6.45, 7) is 0. The second kappa shape index (κ2) is 7.21. The molecule has 0 radical (unpaired) electrons. The lowest BCUT2D eigenvalue weighted by molar-refractivity contribution is 0.100. The van der Waals surface area contributed by atoms with Crippen LogP contribution in [0.1, 0.15) is 10.4 Å². The zero-order chi connectivity index (χ0) is 18.8. The zero-order valence-electron chi connectivity index (χ0n) is 14.7. The largest absolute Gasteiger partial charge is 0.366 e. The van der Waals surface area contributed by atoms with E-state index in [9.17, 15) is 4.79 Å². The summed E-state index contributed by atoms with van der Waals surface area (Å²) in [6, 6.07) is 19.9. The lowest BCUT2D eigenvalue weighted by Crippen LogP contribution is -2.13. The third-order valence-corrected chi connectivity index (χ3v) is 5.36. The van der Waals surface area contributed by atoms with E-state index in [-0.39, 0.29) is 0 Å². The Hall–Kier alpha value is -3.18. The predicted octanol–water partition coefficient (Wildman–Crippen LogP) is 4.78. The molecule has 0 aliphatic rings. The van der Waals surface area contributed by atoms with Crippen molar-refractivity contribution in [2.24, 2.45) is 5.73 Å². The van der Waals surface area contributed by atoms with Crippen LogP contribution in [0.15, 0.2) is 78.0 Å². The van der Waals surface area contributed by atoms with Crippen molar-refractivity contribution < 1.29 is 4.79 Å². The summed E-state index contributed by atoms with van der Waals surface area (Å²) in [5.41, 5.74) is 10.1. The molecule has 27 heavy (non-hydrogen) atoms. The fraction of sp³-hybridized carbons (Fsp3) is 0.0455. The lowest BCUT2D eigenvalue weighted by atomic mass is 9.89. The first kappa shape index (κ1) is 17.2. The van der Waals surface area contributed by atoms with E-state index in [2.05, 4.69) is 22.3 Å². The van der Waals surface area contributed by atoms with Crippen LogP contribution in [0.5, 0.6) is 0 Å². The fourth-order valence-electron chi connectivity index (χ4n) is 3.30. The number of nitrogens with two attached hydrogens (primary N) is 1. The van der Waals surface area contributed by atoms with Gasteiger partial charge in [-0.1, -0.05) is 42.5 Å². The third kappa shape index (κ3) is 3.17. The van der Waals surface area contributed by atoms with E-state index in [1.807, 2.05) is 48.7 Å². The average molecular weight is 371 g/mol. The molecule has 0 aliphatic heterocycles. The summed E-state index contributed by atoms with van der Waals surface area (Å²) < 4.78 is 0. The molecule has 0 spiro atoms. The number of hydrogen-bond acceptors (Lipinski definition) is 4. The molecule has 4 nitrogen and oxygen atoms in total. The molecule has 0 bridgehead atoms. The molecule has 4 rings (SSSR count). The molecule has 1 aromatic heterocycles. The number of aromatic nitrogens is 2. The molecule has 0 fully saturated rings. The van der Waals surface area contributed by atoms with Gasteiger partial charge < -0.3 is 5.73 Å². The summed E-state index contributed by atoms with van der Waals surface area (Å²) in [5.74, 6) is -0.436. The van der Waals surface area contributed by atoms with Gasteiger partial charge in [0.15, 0.2) is 0 Å². The van der Waals surface area contributed by atoms with E-state index in [4.69, 9.17) is 5.73 Å². The molecule has 1 amide bonds. The zero-order valence-corrected chi connectivity index (χ0v) is 15.5. The van der Waals surface area contributed by atoms with Crippen LogP contribution in [0.2, 0.25) is 0 Å². The first-order valence-corrected chi connectivity index (χ1v) is 9.68. The second-order valence-corrected chi connectivity index (χ2v) is 6.97. The molecule has 2 N–H and O–H groups in total. The van der Waals surface area contributed by atoms with E-state index in [1.54, 1.807) is 30.2 Å². The smallest absolute Gasteiger partial charge is 0.249 e. The molecule has 132 valence electrons. The van der Waals surface area contributed by atoms with Gasteiger partial charge in [-0.25, -0.2) is 0 Å². The summed E-state index contributed by atoms with van der Waals surface area (Å²) in [6.07, 6.45) is 5.51. The molecule has 0 aliphatic carbocycles. The quantitative estimate of drug-likeness (QED) is 0.524. The molecule has 0 atom stereocenters. The highest BCUT2D eigenvalue weighted by Gasteiger charge is 2.18. The summed E-state index contributed by atoms with van der Waals surface area (Å²) in [7, 11) is 0. The second-order valence-electron chi connectivity index (χ2n) is 6.13. The number of amides is 1. The van der Waals surface area contributed by atoms with Crippen LogP contribution in [-0.2, 0) is 0 Å². The van der Waals surface area contributed by atoms with Crippen LogP contribution >= 0.6 is 11.8 Å². The Labute approximate surface area is 161 Å². The van der Waals surface area contributed by atoms with Gasteiger partial charge in [0.05, 0.1) is 12.4 Å². The maximum Gasteiger partial charge on any atom is 0.249 e. The number of benzene rings is 3. The fourth-order valence-corrected chi connectivity index (χ4v) is 3.91. The minimum atomic E-state index is -0.436. The lowest BCUT2D eigenvalue weighted by Gasteiger charge is -2.16. The Morgan fingerprint density at radius 1 is 0.889 bits per heavy atom. The summed E-state index contributed by atoms with van der Waals surface area (Å²) in [4.78, 5) is 13.3. The Bertz CT molecular complexity index is 1160. The minimum absolute atomic E-state index is 0.436. The average Bonchev–Trinajstić information content (AvgIpc) is 2.72. The van der Waals surface area contributed by atoms with Crippen LogP contribution in [-0.4, -0.2) is 22.4 Å². The van der Waals surface area contributed by atoms with E-state index in [1.165, 1.54) is 0 Å². The molecule has 5 heteroatoms. The van der Waals surface area contributed by atoms with Crippen molar-refractivity contribution in [3.63, 3.8) is 0 Å². The molecule has 0 unspecified atom stereocenters. The van der Waals surface area contributed by atoms with Gasteiger partial charge >= 0.3 is 0 Å². The Kier molecular flexibility index (Phi) is 4.60. The van der Waals surface area contributed by atoms with Gasteiger partial charge in [0, 0.05) is 26.8 Å². The number of thioether (sulfide) groups is 1. The molecular weight excluding hydrogens is 354 g/mol. The van der Waals surface area contributed by atoms with Crippen LogP contribution < -0.4 is 5.73 Å². The molecule has 1 heterocycles. The van der Waals surface area contributed by atoms with Crippen molar-refractivity contribution in [2.75, 3.05) is 6.26 Å². The standard InChI is InChI=1S/C22H17N3OS/c1-27-20-8-3-2-5-18(20)21-17(6-4-7-19(21)22(23)26)14-9-10-15-12-24-25-13-16(15)11-14/h2-13H,1H3,(H2,23,26). The number of carbonyl (C=O) groups is 1. The predicted molar refractivity (Wildman–Crippen MR) is 111 cm³/mol. The first-order valence-electron chi connectivity index (χ1n) is 8.46. The van der Waals surface area contributed by atoms with E-state index in [0.29, 0.717) is 5.56 Å². The highest BCUT2D eigenvalue weighted by molar-refractivity contribution is 7.98. The van der Waals surface area contributed by atoms with Gasteiger partial charge in [0.25, 0.3) is 0 Å². The van der Waals surface area contributed by atoms with E-state index in [0.717, 1.165) is 37.9 Å². The number of nitrogens with zero attached hydrogens (tertiary/aromatic N) is 2. The number of rotatable bonds is 4. The van der Waals surface area contributed by atoms with Crippen LogP contribution in [0, 0.1) is 0 Å². The van der Waals surface area contributed by atoms with Crippen molar-refractivity contribution in [3.8, 4) is 22.3 Å². The Morgan fingerprint density at radius 2 is 1.63 bits per heavy atom. The number of hydrogen-bond donors (Lipinski definition) is 1. The topological polar surface area (TPSA) is 68.9 Å². The number of carbonyl (C=O) groups excluding carboxylic acids is 1. The van der Waals surface area contributed by atoms with Gasteiger partial charge in [-0.05, 0) is 41.1 Å². The Morgan fingerprint density at radius 3 is 2.41 bits per heavy atom. The summed E-state index contributed by atoms with van der Waals surface area (Å²) in [5, 5.41) is 9.92. The molecule has 4 aromatic rings. The van der Waals surface area contributed by atoms with Gasteiger partial charge in [-0.15, -0.1) is 11.8 Å². The maximum absolute atomic E-state index is 12.2. The van der Waals surface area contributed by atoms with Crippen molar-refractivity contribution in [1.82, 2.24) is 10.2 Å². The van der Waals surface area contributed by atoms with E-state index >= 15 is 0 Å². The van der Waals surface area contributed by atoms with Crippen LogP contribution in [0.4, 0.5) is 0 Å². The van der Waals surface area contributed by atoms with E-state index < -0.39 is 5.91 Å². The van der Waals surface area contributed by atoms with Gasteiger partial charge in [0.1, 0.15) is 0 Å². The van der Waals surface area contributed by atoms with Crippen LogP contribution in [0.25, 0.3) is 33.0 Å².